The molecular weight excluding hydrogens is 394 g/mol. The van der Waals surface area contributed by atoms with Gasteiger partial charge in [0.2, 0.25) is 10.0 Å². The Kier molecular flexibility index (Phi) is 6.13. The standard InChI is InChI=1S/C14H13BrClNO2S2/c15-13-10-12(6-7-14(13)16)21(18,19)17-8-9-20-11-4-2-1-3-5-11/h1-7,10,17H,8-9H2. The molecule has 0 aliphatic carbocycles. The van der Waals surface area contributed by atoms with Crippen LogP contribution in [0.4, 0.5) is 0 Å². The summed E-state index contributed by atoms with van der Waals surface area (Å²) in [5.74, 6) is 0.665. The Morgan fingerprint density at radius 1 is 1.14 bits per heavy atom. The second kappa shape index (κ2) is 7.65. The molecule has 0 aliphatic rings. The largest absolute Gasteiger partial charge is 0.240 e. The highest BCUT2D eigenvalue weighted by Gasteiger charge is 2.14. The van der Waals surface area contributed by atoms with Gasteiger partial charge >= 0.3 is 0 Å². The third kappa shape index (κ3) is 5.00. The van der Waals surface area contributed by atoms with Crippen LogP contribution in [0.2, 0.25) is 5.02 Å². The predicted molar refractivity (Wildman–Crippen MR) is 91.5 cm³/mol. The van der Waals surface area contributed by atoms with Crippen LogP contribution in [0.1, 0.15) is 0 Å². The number of benzene rings is 2. The molecule has 7 heteroatoms. The first-order valence-electron chi connectivity index (χ1n) is 6.11. The van der Waals surface area contributed by atoms with Gasteiger partial charge < -0.3 is 0 Å². The van der Waals surface area contributed by atoms with Crippen LogP contribution in [0, 0.1) is 0 Å². The van der Waals surface area contributed by atoms with Crippen LogP contribution in [0.25, 0.3) is 0 Å². The van der Waals surface area contributed by atoms with E-state index in [2.05, 4.69) is 20.7 Å². The Balaban J connectivity index is 1.91. The summed E-state index contributed by atoms with van der Waals surface area (Å²) in [4.78, 5) is 1.31. The number of hydrogen-bond donors (Lipinski definition) is 1. The molecule has 3 nitrogen and oxygen atoms in total. The molecule has 0 unspecified atom stereocenters. The Labute approximate surface area is 142 Å². The summed E-state index contributed by atoms with van der Waals surface area (Å²) in [6, 6.07) is 14.4. The molecule has 0 saturated heterocycles. The van der Waals surface area contributed by atoms with Gasteiger partial charge in [-0.1, -0.05) is 29.8 Å². The summed E-state index contributed by atoms with van der Waals surface area (Å²) in [6.07, 6.45) is 0. The van der Waals surface area contributed by atoms with E-state index in [4.69, 9.17) is 11.6 Å². The zero-order valence-electron chi connectivity index (χ0n) is 10.9. The Bertz CT molecular complexity index is 708. The van der Waals surface area contributed by atoms with Gasteiger partial charge in [-0.2, -0.15) is 0 Å². The number of hydrogen-bond acceptors (Lipinski definition) is 3. The average Bonchev–Trinajstić information content (AvgIpc) is 2.47. The minimum absolute atomic E-state index is 0.198. The molecule has 2 aromatic carbocycles. The lowest BCUT2D eigenvalue weighted by Crippen LogP contribution is -2.26. The summed E-state index contributed by atoms with van der Waals surface area (Å²) >= 11 is 10.7. The maximum atomic E-state index is 12.1. The van der Waals surface area contributed by atoms with Gasteiger partial charge in [0.25, 0.3) is 0 Å². The van der Waals surface area contributed by atoms with Crippen LogP contribution < -0.4 is 4.72 Å². The molecule has 0 fully saturated rings. The predicted octanol–water partition coefficient (Wildman–Crippen LogP) is 4.17. The smallest absolute Gasteiger partial charge is 0.210 e. The topological polar surface area (TPSA) is 46.2 Å². The minimum Gasteiger partial charge on any atom is -0.210 e. The lowest BCUT2D eigenvalue weighted by molar-refractivity contribution is 0.584. The van der Waals surface area contributed by atoms with Crippen molar-refractivity contribution in [3.63, 3.8) is 0 Å². The summed E-state index contributed by atoms with van der Waals surface area (Å²) < 4.78 is 27.4. The first kappa shape index (κ1) is 16.8. The van der Waals surface area contributed by atoms with Crippen molar-refractivity contribution in [2.45, 2.75) is 9.79 Å². The molecule has 0 radical (unpaired) electrons. The second-order valence-corrected chi connectivity index (χ2v) is 8.33. The maximum absolute atomic E-state index is 12.1. The van der Waals surface area contributed by atoms with Crippen molar-refractivity contribution >= 4 is 49.3 Å². The third-order valence-electron chi connectivity index (χ3n) is 2.61. The average molecular weight is 407 g/mol. The molecule has 2 aromatic rings. The van der Waals surface area contributed by atoms with E-state index >= 15 is 0 Å². The van der Waals surface area contributed by atoms with E-state index in [-0.39, 0.29) is 4.90 Å². The van der Waals surface area contributed by atoms with Crippen LogP contribution >= 0.6 is 39.3 Å². The number of rotatable bonds is 6. The highest BCUT2D eigenvalue weighted by Crippen LogP contribution is 2.25. The molecule has 112 valence electrons. The van der Waals surface area contributed by atoms with Gasteiger partial charge in [-0.3, -0.25) is 0 Å². The van der Waals surface area contributed by atoms with Crippen LogP contribution in [0.5, 0.6) is 0 Å². The van der Waals surface area contributed by atoms with E-state index in [1.807, 2.05) is 30.3 Å². The number of thioether (sulfide) groups is 1. The van der Waals surface area contributed by atoms with E-state index in [0.29, 0.717) is 21.8 Å². The molecule has 0 bridgehead atoms. The van der Waals surface area contributed by atoms with Crippen molar-refractivity contribution in [3.8, 4) is 0 Å². The fourth-order valence-corrected chi connectivity index (χ4v) is 4.21. The lowest BCUT2D eigenvalue weighted by Gasteiger charge is -2.07. The van der Waals surface area contributed by atoms with Crippen molar-refractivity contribution < 1.29 is 8.42 Å². The van der Waals surface area contributed by atoms with Crippen molar-refractivity contribution in [1.29, 1.82) is 0 Å². The zero-order valence-corrected chi connectivity index (χ0v) is 14.9. The lowest BCUT2D eigenvalue weighted by atomic mass is 10.4. The third-order valence-corrected chi connectivity index (χ3v) is 6.29. The summed E-state index contributed by atoms with van der Waals surface area (Å²) in [5, 5.41) is 0.480. The molecule has 1 N–H and O–H groups in total. The molecule has 0 heterocycles. The van der Waals surface area contributed by atoms with Gasteiger partial charge in [-0.25, -0.2) is 13.1 Å². The van der Waals surface area contributed by atoms with E-state index < -0.39 is 10.0 Å². The van der Waals surface area contributed by atoms with E-state index in [1.54, 1.807) is 17.8 Å². The van der Waals surface area contributed by atoms with Gasteiger partial charge in [-0.05, 0) is 46.3 Å². The highest BCUT2D eigenvalue weighted by atomic mass is 79.9. The van der Waals surface area contributed by atoms with E-state index in [1.165, 1.54) is 12.1 Å². The van der Waals surface area contributed by atoms with Gasteiger partial charge in [0.15, 0.2) is 0 Å². The van der Waals surface area contributed by atoms with Crippen molar-refractivity contribution in [2.24, 2.45) is 0 Å². The molecule has 21 heavy (non-hydrogen) atoms. The number of halogens is 2. The normalized spacial score (nSPS) is 11.5. The second-order valence-electron chi connectivity index (χ2n) is 4.14. The van der Waals surface area contributed by atoms with Crippen molar-refractivity contribution in [2.75, 3.05) is 12.3 Å². The summed E-state index contributed by atoms with van der Waals surface area (Å²) in [7, 11) is -3.51. The fraction of sp³-hybridized carbons (Fsp3) is 0.143. The monoisotopic (exact) mass is 405 g/mol. The maximum Gasteiger partial charge on any atom is 0.240 e. The summed E-state index contributed by atoms with van der Waals surface area (Å²) in [5.41, 5.74) is 0. The van der Waals surface area contributed by atoms with E-state index in [0.717, 1.165) is 4.90 Å². The van der Waals surface area contributed by atoms with Gasteiger partial charge in [0.05, 0.1) is 9.92 Å². The molecular formula is C14H13BrClNO2S2. The molecule has 2 rings (SSSR count). The number of nitrogens with one attached hydrogen (secondary N) is 1. The molecule has 0 aliphatic heterocycles. The first-order valence-corrected chi connectivity index (χ1v) is 9.75. The van der Waals surface area contributed by atoms with Crippen molar-refractivity contribution in [3.05, 3.63) is 58.0 Å². The van der Waals surface area contributed by atoms with Gasteiger partial charge in [0, 0.05) is 21.7 Å². The van der Waals surface area contributed by atoms with Gasteiger partial charge in [0.1, 0.15) is 0 Å². The highest BCUT2D eigenvalue weighted by molar-refractivity contribution is 9.10. The molecule has 0 spiro atoms. The zero-order chi connectivity index (χ0) is 15.3. The Morgan fingerprint density at radius 2 is 1.86 bits per heavy atom. The molecule has 0 aromatic heterocycles. The van der Waals surface area contributed by atoms with Crippen LogP contribution in [0.15, 0.2) is 62.8 Å². The number of sulfonamides is 1. The van der Waals surface area contributed by atoms with Crippen LogP contribution in [-0.2, 0) is 10.0 Å². The molecule has 0 atom stereocenters. The van der Waals surface area contributed by atoms with E-state index in [9.17, 15) is 8.42 Å². The summed E-state index contributed by atoms with van der Waals surface area (Å²) in [6.45, 7) is 0.363. The van der Waals surface area contributed by atoms with Gasteiger partial charge in [-0.15, -0.1) is 11.8 Å². The Hall–Kier alpha value is -0.530. The fourth-order valence-electron chi connectivity index (χ4n) is 1.59. The SMILES string of the molecule is O=S(=O)(NCCSc1ccccc1)c1ccc(Cl)c(Br)c1. The quantitative estimate of drug-likeness (QED) is 0.578. The van der Waals surface area contributed by atoms with Crippen LogP contribution in [0.3, 0.4) is 0 Å². The first-order chi connectivity index (χ1) is 9.99. The molecule has 0 amide bonds. The van der Waals surface area contributed by atoms with Crippen LogP contribution in [-0.4, -0.2) is 20.7 Å². The van der Waals surface area contributed by atoms with Crippen molar-refractivity contribution in [1.82, 2.24) is 4.72 Å². The Morgan fingerprint density at radius 3 is 2.52 bits per heavy atom. The minimum atomic E-state index is -3.51. The molecule has 0 saturated carbocycles.